The van der Waals surface area contributed by atoms with Crippen molar-refractivity contribution in [2.75, 3.05) is 6.61 Å². The van der Waals surface area contributed by atoms with Crippen molar-refractivity contribution in [3.63, 3.8) is 0 Å². The molecule has 1 aliphatic rings. The van der Waals surface area contributed by atoms with Crippen molar-refractivity contribution >= 4 is 0 Å². The van der Waals surface area contributed by atoms with E-state index in [-0.39, 0.29) is 0 Å². The largest absolute Gasteiger partial charge is 0.396 e. The van der Waals surface area contributed by atoms with Crippen LogP contribution in [0.4, 0.5) is 0 Å². The van der Waals surface area contributed by atoms with Gasteiger partial charge >= 0.3 is 0 Å². The highest BCUT2D eigenvalue weighted by molar-refractivity contribution is 4.93. The monoisotopic (exact) mass is 71.0 g/mol. The summed E-state index contributed by atoms with van der Waals surface area (Å²) in [6.07, 6.45) is 3.23. The van der Waals surface area contributed by atoms with Crippen LogP contribution in [0.2, 0.25) is 0 Å². The van der Waals surface area contributed by atoms with Crippen molar-refractivity contribution < 1.29 is 5.11 Å². The molecule has 1 N–H and O–H groups in total. The smallest absolute Gasteiger partial charge is 0.0462 e. The number of aliphatic hydroxyl groups is 1. The first-order valence-electron chi connectivity index (χ1n) is 1.87. The molecule has 0 aromatic rings. The Hall–Kier alpha value is -0.0400. The SMILES string of the molecule is OCC1[CH]C1. The first kappa shape index (κ1) is 3.16. The van der Waals surface area contributed by atoms with Gasteiger partial charge in [0.15, 0.2) is 0 Å². The minimum atomic E-state index is 0.361. The van der Waals surface area contributed by atoms with E-state index in [1.165, 1.54) is 0 Å². The molecule has 1 fully saturated rings. The molecule has 0 bridgehead atoms. The summed E-state index contributed by atoms with van der Waals surface area (Å²) in [5.74, 6) is 0.565. The molecule has 0 heterocycles. The van der Waals surface area contributed by atoms with Gasteiger partial charge in [-0.3, -0.25) is 0 Å². The molecule has 5 heavy (non-hydrogen) atoms. The second-order valence-corrected chi connectivity index (χ2v) is 1.41. The molecule has 0 aliphatic heterocycles. The molecule has 1 unspecified atom stereocenters. The first-order chi connectivity index (χ1) is 2.43. The highest BCUT2D eigenvalue weighted by Gasteiger charge is 2.19. The topological polar surface area (TPSA) is 20.2 Å². The number of hydrogen-bond donors (Lipinski definition) is 1. The summed E-state index contributed by atoms with van der Waals surface area (Å²) in [5, 5.41) is 8.17. The fraction of sp³-hybridized carbons (Fsp3) is 0.750. The van der Waals surface area contributed by atoms with Gasteiger partial charge in [0.25, 0.3) is 0 Å². The maximum absolute atomic E-state index is 8.17. The maximum Gasteiger partial charge on any atom is 0.0462 e. The summed E-state index contributed by atoms with van der Waals surface area (Å²) in [5.41, 5.74) is 0. The summed E-state index contributed by atoms with van der Waals surface area (Å²) in [7, 11) is 0. The van der Waals surface area contributed by atoms with E-state index in [4.69, 9.17) is 5.11 Å². The number of aliphatic hydroxyl groups excluding tert-OH is 1. The molecule has 1 nitrogen and oxygen atoms in total. The zero-order valence-electron chi connectivity index (χ0n) is 3.02. The highest BCUT2D eigenvalue weighted by atomic mass is 16.3. The molecule has 1 aliphatic carbocycles. The minimum Gasteiger partial charge on any atom is -0.396 e. The predicted octanol–water partition coefficient (Wildman–Crippen LogP) is 0.203. The molecular weight excluding hydrogens is 64.0 g/mol. The second-order valence-electron chi connectivity index (χ2n) is 1.41. The van der Waals surface area contributed by atoms with Crippen LogP contribution in [0.3, 0.4) is 0 Å². The molecule has 0 spiro atoms. The summed E-state index contributed by atoms with van der Waals surface area (Å²) >= 11 is 0. The summed E-state index contributed by atoms with van der Waals surface area (Å²) < 4.78 is 0. The molecule has 1 atom stereocenters. The highest BCUT2D eigenvalue weighted by Crippen LogP contribution is 2.25. The predicted molar refractivity (Wildman–Crippen MR) is 19.5 cm³/mol. The Labute approximate surface area is 31.6 Å². The van der Waals surface area contributed by atoms with Gasteiger partial charge < -0.3 is 5.11 Å². The van der Waals surface area contributed by atoms with Crippen molar-refractivity contribution in [1.82, 2.24) is 0 Å². The zero-order chi connectivity index (χ0) is 3.70. The van der Waals surface area contributed by atoms with Crippen molar-refractivity contribution in [1.29, 1.82) is 0 Å². The quantitative estimate of drug-likeness (QED) is 0.468. The molecule has 1 saturated carbocycles. The van der Waals surface area contributed by atoms with Crippen LogP contribution in [0.1, 0.15) is 6.42 Å². The third kappa shape index (κ3) is 0.618. The van der Waals surface area contributed by atoms with Crippen LogP contribution < -0.4 is 0 Å². The van der Waals surface area contributed by atoms with Gasteiger partial charge in [0, 0.05) is 6.61 Å². The lowest BCUT2D eigenvalue weighted by molar-refractivity contribution is 0.281. The van der Waals surface area contributed by atoms with Gasteiger partial charge in [0.05, 0.1) is 0 Å². The first-order valence-corrected chi connectivity index (χ1v) is 1.87. The van der Waals surface area contributed by atoms with Crippen molar-refractivity contribution in [3.8, 4) is 0 Å². The molecule has 29 valence electrons. The Morgan fingerprint density at radius 1 is 2.00 bits per heavy atom. The van der Waals surface area contributed by atoms with E-state index in [1.54, 1.807) is 0 Å². The van der Waals surface area contributed by atoms with Crippen molar-refractivity contribution in [2.45, 2.75) is 6.42 Å². The van der Waals surface area contributed by atoms with Crippen molar-refractivity contribution in [2.24, 2.45) is 5.92 Å². The lowest BCUT2D eigenvalue weighted by Gasteiger charge is -1.73. The van der Waals surface area contributed by atoms with E-state index in [1.807, 2.05) is 0 Å². The Balaban J connectivity index is 2.00. The van der Waals surface area contributed by atoms with Crippen LogP contribution in [-0.4, -0.2) is 11.7 Å². The Morgan fingerprint density at radius 2 is 2.60 bits per heavy atom. The summed E-state index contributed by atoms with van der Waals surface area (Å²) in [4.78, 5) is 0. The van der Waals surface area contributed by atoms with Gasteiger partial charge in [-0.25, -0.2) is 0 Å². The molecule has 0 aromatic carbocycles. The fourth-order valence-electron chi connectivity index (χ4n) is 0.245. The lowest BCUT2D eigenvalue weighted by atomic mass is 10.5. The molecule has 1 heteroatoms. The zero-order valence-corrected chi connectivity index (χ0v) is 3.02. The van der Waals surface area contributed by atoms with Crippen LogP contribution in [0, 0.1) is 12.3 Å². The van der Waals surface area contributed by atoms with Gasteiger partial charge in [0.1, 0.15) is 0 Å². The number of hydrogen-bond acceptors (Lipinski definition) is 1. The van der Waals surface area contributed by atoms with Gasteiger partial charge in [-0.15, -0.1) is 0 Å². The molecule has 0 saturated heterocycles. The standard InChI is InChI=1S/C4H7O/c5-3-4-1-2-4/h1,4-5H,2-3H2. The second kappa shape index (κ2) is 0.977. The molecular formula is C4H7O. The van der Waals surface area contributed by atoms with E-state index in [0.717, 1.165) is 6.42 Å². The molecule has 1 radical (unpaired) electrons. The van der Waals surface area contributed by atoms with Gasteiger partial charge in [-0.05, 0) is 18.8 Å². The Bertz CT molecular complexity index is 30.6. The third-order valence-electron chi connectivity index (χ3n) is 0.804. The van der Waals surface area contributed by atoms with E-state index in [9.17, 15) is 0 Å². The summed E-state index contributed by atoms with van der Waals surface area (Å²) in [6, 6.07) is 0. The normalized spacial score (nSPS) is 23.4. The minimum absolute atomic E-state index is 0.361. The van der Waals surface area contributed by atoms with Crippen LogP contribution in [0.25, 0.3) is 0 Å². The van der Waals surface area contributed by atoms with E-state index < -0.39 is 0 Å². The van der Waals surface area contributed by atoms with E-state index in [0.29, 0.717) is 12.5 Å². The fourth-order valence-corrected chi connectivity index (χ4v) is 0.245. The van der Waals surface area contributed by atoms with E-state index >= 15 is 0 Å². The third-order valence-corrected chi connectivity index (χ3v) is 0.804. The van der Waals surface area contributed by atoms with Gasteiger partial charge in [-0.1, -0.05) is 0 Å². The van der Waals surface area contributed by atoms with Crippen LogP contribution in [0.5, 0.6) is 0 Å². The van der Waals surface area contributed by atoms with Crippen LogP contribution in [0.15, 0.2) is 0 Å². The average Bonchev–Trinajstić information content (AvgIpc) is 2.12. The lowest BCUT2D eigenvalue weighted by Crippen LogP contribution is -1.78. The van der Waals surface area contributed by atoms with Crippen molar-refractivity contribution in [3.05, 3.63) is 6.42 Å². The van der Waals surface area contributed by atoms with E-state index in [2.05, 4.69) is 6.42 Å². The molecule has 0 amide bonds. The van der Waals surface area contributed by atoms with Crippen LogP contribution >= 0.6 is 0 Å². The molecule has 0 aromatic heterocycles. The molecule has 1 rings (SSSR count). The van der Waals surface area contributed by atoms with Crippen LogP contribution in [-0.2, 0) is 0 Å². The maximum atomic E-state index is 8.17. The Morgan fingerprint density at radius 3 is 2.60 bits per heavy atom. The number of rotatable bonds is 1. The summed E-state index contributed by atoms with van der Waals surface area (Å²) in [6.45, 7) is 0.361. The van der Waals surface area contributed by atoms with Gasteiger partial charge in [-0.2, -0.15) is 0 Å². The average molecular weight is 71.1 g/mol. The Kier molecular flexibility index (Phi) is 0.618. The van der Waals surface area contributed by atoms with Gasteiger partial charge in [0.2, 0.25) is 0 Å².